The van der Waals surface area contributed by atoms with Gasteiger partial charge in [0.1, 0.15) is 0 Å². The van der Waals surface area contributed by atoms with E-state index in [1.54, 1.807) is 0 Å². The summed E-state index contributed by atoms with van der Waals surface area (Å²) >= 11 is 0. The molecule has 1 aromatic carbocycles. The Kier molecular flexibility index (Phi) is 6.05. The van der Waals surface area contributed by atoms with Crippen molar-refractivity contribution < 1.29 is 5.11 Å². The Morgan fingerprint density at radius 2 is 1.92 bits per heavy atom. The lowest BCUT2D eigenvalue weighted by atomic mass is 9.91. The standard InChI is InChI=1S/C20H29N3O/c1-2-13-22(19-6-3-4-7-20(19)24)15-17-8-10-18(11-9-17)16-23-14-5-12-21-23/h5,8-12,14,19-20,24H,2-4,6-7,13,15-16H2,1H3/t19-,20-/m1/s1. The molecule has 1 heterocycles. The van der Waals surface area contributed by atoms with Crippen LogP contribution >= 0.6 is 0 Å². The third kappa shape index (κ3) is 4.46. The molecule has 0 radical (unpaired) electrons. The average molecular weight is 327 g/mol. The van der Waals surface area contributed by atoms with Gasteiger partial charge in [0.15, 0.2) is 0 Å². The van der Waals surface area contributed by atoms with E-state index in [4.69, 9.17) is 0 Å². The summed E-state index contributed by atoms with van der Waals surface area (Å²) in [5, 5.41) is 14.6. The number of benzene rings is 1. The SMILES string of the molecule is CCCN(Cc1ccc(Cn2cccn2)cc1)[C@@H]1CCCC[C@H]1O. The van der Waals surface area contributed by atoms with Crippen LogP contribution in [0, 0.1) is 0 Å². The fourth-order valence-electron chi connectivity index (χ4n) is 3.73. The minimum atomic E-state index is -0.163. The third-order valence-electron chi connectivity index (χ3n) is 4.99. The van der Waals surface area contributed by atoms with Gasteiger partial charge in [-0.2, -0.15) is 5.10 Å². The summed E-state index contributed by atoms with van der Waals surface area (Å²) in [5.74, 6) is 0. The maximum Gasteiger partial charge on any atom is 0.0695 e. The van der Waals surface area contributed by atoms with Gasteiger partial charge in [0.2, 0.25) is 0 Å². The predicted molar refractivity (Wildman–Crippen MR) is 96.7 cm³/mol. The molecule has 0 saturated heterocycles. The summed E-state index contributed by atoms with van der Waals surface area (Å²) < 4.78 is 1.94. The van der Waals surface area contributed by atoms with Crippen molar-refractivity contribution in [3.05, 3.63) is 53.9 Å². The summed E-state index contributed by atoms with van der Waals surface area (Å²) in [5.41, 5.74) is 2.59. The van der Waals surface area contributed by atoms with E-state index in [0.29, 0.717) is 6.04 Å². The average Bonchev–Trinajstić information content (AvgIpc) is 3.10. The van der Waals surface area contributed by atoms with Crippen LogP contribution in [0.15, 0.2) is 42.7 Å². The van der Waals surface area contributed by atoms with E-state index in [0.717, 1.165) is 38.9 Å². The van der Waals surface area contributed by atoms with E-state index >= 15 is 0 Å². The Bertz CT molecular complexity index is 594. The van der Waals surface area contributed by atoms with E-state index < -0.39 is 0 Å². The number of aliphatic hydroxyl groups excluding tert-OH is 1. The topological polar surface area (TPSA) is 41.3 Å². The van der Waals surface area contributed by atoms with Gasteiger partial charge in [0.05, 0.1) is 12.6 Å². The van der Waals surface area contributed by atoms with Crippen molar-refractivity contribution in [3.8, 4) is 0 Å². The maximum atomic E-state index is 10.4. The number of hydrogen-bond donors (Lipinski definition) is 1. The van der Waals surface area contributed by atoms with Gasteiger partial charge in [-0.3, -0.25) is 9.58 Å². The minimum Gasteiger partial charge on any atom is -0.391 e. The van der Waals surface area contributed by atoms with Crippen molar-refractivity contribution in [3.63, 3.8) is 0 Å². The Hall–Kier alpha value is -1.65. The molecule has 2 aromatic rings. The zero-order chi connectivity index (χ0) is 16.8. The molecule has 0 amide bonds. The van der Waals surface area contributed by atoms with E-state index in [9.17, 15) is 5.11 Å². The van der Waals surface area contributed by atoms with Crippen molar-refractivity contribution in [2.75, 3.05) is 6.54 Å². The molecule has 0 spiro atoms. The monoisotopic (exact) mass is 327 g/mol. The first-order valence-electron chi connectivity index (χ1n) is 9.23. The summed E-state index contributed by atoms with van der Waals surface area (Å²) in [6.07, 6.45) is 9.25. The van der Waals surface area contributed by atoms with Crippen LogP contribution in [0.4, 0.5) is 0 Å². The Morgan fingerprint density at radius 3 is 2.58 bits per heavy atom. The quantitative estimate of drug-likeness (QED) is 0.847. The molecular formula is C20H29N3O. The second-order valence-electron chi connectivity index (χ2n) is 6.91. The highest BCUT2D eigenvalue weighted by molar-refractivity contribution is 5.22. The molecule has 1 aliphatic carbocycles. The Morgan fingerprint density at radius 1 is 1.17 bits per heavy atom. The van der Waals surface area contributed by atoms with Gasteiger partial charge < -0.3 is 5.11 Å². The zero-order valence-corrected chi connectivity index (χ0v) is 14.6. The normalized spacial score (nSPS) is 21.3. The summed E-state index contributed by atoms with van der Waals surface area (Å²) in [6, 6.07) is 11.1. The van der Waals surface area contributed by atoms with Gasteiger partial charge in [-0.05, 0) is 43.0 Å². The third-order valence-corrected chi connectivity index (χ3v) is 4.99. The molecule has 0 bridgehead atoms. The summed E-state index contributed by atoms with van der Waals surface area (Å²) in [7, 11) is 0. The van der Waals surface area contributed by atoms with E-state index in [-0.39, 0.29) is 6.10 Å². The second kappa shape index (κ2) is 8.45. The molecule has 1 aliphatic rings. The maximum absolute atomic E-state index is 10.4. The zero-order valence-electron chi connectivity index (χ0n) is 14.6. The summed E-state index contributed by atoms with van der Waals surface area (Å²) in [4.78, 5) is 2.48. The van der Waals surface area contributed by atoms with Crippen molar-refractivity contribution in [1.82, 2.24) is 14.7 Å². The van der Waals surface area contributed by atoms with Crippen LogP contribution in [-0.4, -0.2) is 38.5 Å². The van der Waals surface area contributed by atoms with Crippen LogP contribution in [0.1, 0.15) is 50.2 Å². The molecule has 2 atom stereocenters. The number of hydrogen-bond acceptors (Lipinski definition) is 3. The summed E-state index contributed by atoms with van der Waals surface area (Å²) in [6.45, 7) is 5.01. The first-order valence-corrected chi connectivity index (χ1v) is 9.23. The number of nitrogens with zero attached hydrogens (tertiary/aromatic N) is 3. The van der Waals surface area contributed by atoms with Crippen LogP contribution in [0.5, 0.6) is 0 Å². The fraction of sp³-hybridized carbons (Fsp3) is 0.550. The van der Waals surface area contributed by atoms with Gasteiger partial charge in [-0.15, -0.1) is 0 Å². The van der Waals surface area contributed by atoms with Crippen LogP contribution in [-0.2, 0) is 13.1 Å². The first kappa shape index (κ1) is 17.2. The van der Waals surface area contributed by atoms with Crippen molar-refractivity contribution >= 4 is 0 Å². The molecule has 3 rings (SSSR count). The lowest BCUT2D eigenvalue weighted by Crippen LogP contribution is -2.45. The smallest absolute Gasteiger partial charge is 0.0695 e. The highest BCUT2D eigenvalue weighted by atomic mass is 16.3. The van der Waals surface area contributed by atoms with Gasteiger partial charge in [0, 0.05) is 25.0 Å². The number of aliphatic hydroxyl groups is 1. The fourth-order valence-corrected chi connectivity index (χ4v) is 3.73. The second-order valence-corrected chi connectivity index (χ2v) is 6.91. The molecule has 130 valence electrons. The van der Waals surface area contributed by atoms with Gasteiger partial charge in [0.25, 0.3) is 0 Å². The van der Waals surface area contributed by atoms with E-state index in [1.807, 2.05) is 23.1 Å². The van der Waals surface area contributed by atoms with Crippen LogP contribution in [0.25, 0.3) is 0 Å². The van der Waals surface area contributed by atoms with Crippen molar-refractivity contribution in [1.29, 1.82) is 0 Å². The molecule has 1 N–H and O–H groups in total. The first-order chi connectivity index (χ1) is 11.8. The van der Waals surface area contributed by atoms with Gasteiger partial charge in [-0.25, -0.2) is 0 Å². The predicted octanol–water partition coefficient (Wildman–Crippen LogP) is 3.45. The van der Waals surface area contributed by atoms with E-state index in [2.05, 4.69) is 41.2 Å². The molecule has 0 aliphatic heterocycles. The molecule has 4 nitrogen and oxygen atoms in total. The highest BCUT2D eigenvalue weighted by Gasteiger charge is 2.28. The highest BCUT2D eigenvalue weighted by Crippen LogP contribution is 2.25. The lowest BCUT2D eigenvalue weighted by molar-refractivity contribution is 0.0156. The Labute approximate surface area is 145 Å². The molecule has 0 unspecified atom stereocenters. The largest absolute Gasteiger partial charge is 0.391 e. The molecular weight excluding hydrogens is 298 g/mol. The Balaban J connectivity index is 1.63. The molecule has 1 fully saturated rings. The van der Waals surface area contributed by atoms with Gasteiger partial charge >= 0.3 is 0 Å². The van der Waals surface area contributed by atoms with Crippen LogP contribution in [0.2, 0.25) is 0 Å². The molecule has 1 aromatic heterocycles. The number of aromatic nitrogens is 2. The molecule has 1 saturated carbocycles. The molecule has 4 heteroatoms. The number of rotatable bonds is 7. The van der Waals surface area contributed by atoms with E-state index in [1.165, 1.54) is 24.0 Å². The van der Waals surface area contributed by atoms with Crippen molar-refractivity contribution in [2.24, 2.45) is 0 Å². The minimum absolute atomic E-state index is 0.163. The van der Waals surface area contributed by atoms with Crippen LogP contribution < -0.4 is 0 Å². The van der Waals surface area contributed by atoms with Crippen LogP contribution in [0.3, 0.4) is 0 Å². The van der Waals surface area contributed by atoms with Gasteiger partial charge in [-0.1, -0.05) is 44.0 Å². The lowest BCUT2D eigenvalue weighted by Gasteiger charge is -2.37. The molecule has 24 heavy (non-hydrogen) atoms. The van der Waals surface area contributed by atoms with Crippen molar-refractivity contribution in [2.45, 2.75) is 64.3 Å².